The molecule has 2 aromatic heterocycles. The van der Waals surface area contributed by atoms with Crippen molar-refractivity contribution in [3.63, 3.8) is 0 Å². The Bertz CT molecular complexity index is 1090. The quantitative estimate of drug-likeness (QED) is 0.408. The predicted molar refractivity (Wildman–Crippen MR) is 110 cm³/mol. The number of carbonyl (C=O) groups is 1. The molecule has 27 heavy (non-hydrogen) atoms. The second kappa shape index (κ2) is 7.54. The normalized spacial score (nSPS) is 10.9. The van der Waals surface area contributed by atoms with E-state index < -0.39 is 0 Å². The van der Waals surface area contributed by atoms with Crippen LogP contribution in [0.15, 0.2) is 69.8 Å². The van der Waals surface area contributed by atoms with Crippen molar-refractivity contribution in [3.05, 3.63) is 76.7 Å². The molecule has 1 amide bonds. The van der Waals surface area contributed by atoms with Crippen LogP contribution < -0.4 is 9.64 Å². The van der Waals surface area contributed by atoms with Gasteiger partial charge in [-0.1, -0.05) is 41.7 Å². The number of thiazole rings is 1. The number of hydrogen-bond acceptors (Lipinski definition) is 5. The molecular weight excluding hydrogens is 428 g/mol. The van der Waals surface area contributed by atoms with Crippen molar-refractivity contribution < 1.29 is 13.9 Å². The number of anilines is 1. The summed E-state index contributed by atoms with van der Waals surface area (Å²) in [7, 11) is 1.62. The lowest BCUT2D eigenvalue weighted by atomic mass is 10.2. The minimum absolute atomic E-state index is 0.240. The van der Waals surface area contributed by atoms with Crippen molar-refractivity contribution >= 4 is 48.5 Å². The van der Waals surface area contributed by atoms with E-state index in [1.165, 1.54) is 11.3 Å². The van der Waals surface area contributed by atoms with Crippen molar-refractivity contribution in [1.82, 2.24) is 4.98 Å². The van der Waals surface area contributed by atoms with E-state index in [1.807, 2.05) is 48.5 Å². The molecule has 4 rings (SSSR count). The van der Waals surface area contributed by atoms with Crippen molar-refractivity contribution in [1.29, 1.82) is 0 Å². The van der Waals surface area contributed by atoms with E-state index in [0.717, 1.165) is 21.5 Å². The first kappa shape index (κ1) is 17.8. The number of furan rings is 1. The summed E-state index contributed by atoms with van der Waals surface area (Å²) in [4.78, 5) is 19.4. The maximum absolute atomic E-state index is 13.1. The van der Waals surface area contributed by atoms with Crippen molar-refractivity contribution in [2.75, 3.05) is 12.0 Å². The summed E-state index contributed by atoms with van der Waals surface area (Å²) in [5.41, 5.74) is 1.80. The molecule has 0 N–H and O–H groups in total. The average Bonchev–Trinajstić information content (AvgIpc) is 3.31. The lowest BCUT2D eigenvalue weighted by molar-refractivity contribution is 0.0957. The standard InChI is InChI=1S/C20H15BrN2O3S/c1-25-14-7-9-17-15(11-14)22-20(27-17)23(12-13-5-3-2-4-6-13)19(24)16-8-10-18(21)26-16/h2-11H,12H2,1H3. The van der Waals surface area contributed by atoms with E-state index in [0.29, 0.717) is 16.3 Å². The highest BCUT2D eigenvalue weighted by atomic mass is 79.9. The number of aromatic nitrogens is 1. The second-order valence-electron chi connectivity index (χ2n) is 5.81. The third-order valence-electron chi connectivity index (χ3n) is 4.03. The van der Waals surface area contributed by atoms with Gasteiger partial charge in [0, 0.05) is 6.07 Å². The van der Waals surface area contributed by atoms with E-state index in [9.17, 15) is 4.79 Å². The number of amides is 1. The molecule has 0 aliphatic rings. The fourth-order valence-corrected chi connectivity index (χ4v) is 3.94. The van der Waals surface area contributed by atoms with Crippen molar-refractivity contribution in [3.8, 4) is 5.75 Å². The molecule has 0 spiro atoms. The molecule has 0 bridgehead atoms. The molecule has 0 aliphatic carbocycles. The van der Waals surface area contributed by atoms with Gasteiger partial charge in [-0.2, -0.15) is 0 Å². The number of halogens is 1. The number of hydrogen-bond donors (Lipinski definition) is 0. The van der Waals surface area contributed by atoms with Gasteiger partial charge in [-0.05, 0) is 45.8 Å². The van der Waals surface area contributed by atoms with Gasteiger partial charge in [0.25, 0.3) is 5.91 Å². The average molecular weight is 443 g/mol. The van der Waals surface area contributed by atoms with Crippen LogP contribution in [0.25, 0.3) is 10.2 Å². The number of carbonyl (C=O) groups excluding carboxylic acids is 1. The first-order valence-electron chi connectivity index (χ1n) is 8.20. The molecule has 136 valence electrons. The Kier molecular flexibility index (Phi) is 4.96. The van der Waals surface area contributed by atoms with Gasteiger partial charge in [-0.25, -0.2) is 4.98 Å². The van der Waals surface area contributed by atoms with E-state index in [2.05, 4.69) is 20.9 Å². The SMILES string of the molecule is COc1ccc2sc(N(Cc3ccccc3)C(=O)c3ccc(Br)o3)nc2c1. The molecule has 0 unspecified atom stereocenters. The van der Waals surface area contributed by atoms with Crippen LogP contribution in [-0.4, -0.2) is 18.0 Å². The first-order chi connectivity index (χ1) is 13.1. The number of fused-ring (bicyclic) bond motifs is 1. The lowest BCUT2D eigenvalue weighted by Gasteiger charge is -2.18. The van der Waals surface area contributed by atoms with Crippen LogP contribution in [0, 0.1) is 0 Å². The molecule has 2 heterocycles. The number of benzene rings is 2. The summed E-state index contributed by atoms with van der Waals surface area (Å²) in [6.45, 7) is 0.398. The number of methoxy groups -OCH3 is 1. The minimum atomic E-state index is -0.240. The molecule has 0 radical (unpaired) electrons. The maximum Gasteiger partial charge on any atom is 0.296 e. The van der Waals surface area contributed by atoms with Gasteiger partial charge in [0.05, 0.1) is 23.9 Å². The largest absolute Gasteiger partial charge is 0.497 e. The number of ether oxygens (including phenoxy) is 1. The summed E-state index contributed by atoms with van der Waals surface area (Å²) < 4.78 is 12.2. The van der Waals surface area contributed by atoms with Gasteiger partial charge in [0.2, 0.25) is 0 Å². The van der Waals surface area contributed by atoms with Crippen molar-refractivity contribution in [2.24, 2.45) is 0 Å². The molecule has 0 fully saturated rings. The van der Waals surface area contributed by atoms with Crippen LogP contribution in [-0.2, 0) is 6.54 Å². The molecule has 0 saturated heterocycles. The van der Waals surface area contributed by atoms with E-state index in [4.69, 9.17) is 9.15 Å². The van der Waals surface area contributed by atoms with Gasteiger partial charge in [0.1, 0.15) is 5.75 Å². The Morgan fingerprint density at radius 2 is 2.00 bits per heavy atom. The van der Waals surface area contributed by atoms with Crippen LogP contribution in [0.1, 0.15) is 16.1 Å². The number of rotatable bonds is 5. The highest BCUT2D eigenvalue weighted by molar-refractivity contribution is 9.10. The third-order valence-corrected chi connectivity index (χ3v) is 5.51. The van der Waals surface area contributed by atoms with E-state index >= 15 is 0 Å². The van der Waals surface area contributed by atoms with E-state index in [-0.39, 0.29) is 11.7 Å². The summed E-state index contributed by atoms with van der Waals surface area (Å²) in [6, 6.07) is 18.9. The molecule has 0 aliphatic heterocycles. The summed E-state index contributed by atoms with van der Waals surface area (Å²) in [6.07, 6.45) is 0. The van der Waals surface area contributed by atoms with Crippen LogP contribution in [0.5, 0.6) is 5.75 Å². The zero-order valence-corrected chi connectivity index (χ0v) is 16.8. The molecule has 5 nitrogen and oxygen atoms in total. The molecular formula is C20H15BrN2O3S. The Hall–Kier alpha value is -2.64. The van der Waals surface area contributed by atoms with Gasteiger partial charge in [-0.3, -0.25) is 9.69 Å². The van der Waals surface area contributed by atoms with Gasteiger partial charge < -0.3 is 9.15 Å². The van der Waals surface area contributed by atoms with Crippen LogP contribution in [0.2, 0.25) is 0 Å². The monoisotopic (exact) mass is 442 g/mol. The molecule has 7 heteroatoms. The molecule has 0 atom stereocenters. The summed E-state index contributed by atoms with van der Waals surface area (Å²) >= 11 is 4.71. The van der Waals surface area contributed by atoms with Crippen LogP contribution in [0.3, 0.4) is 0 Å². The van der Waals surface area contributed by atoms with Crippen molar-refractivity contribution in [2.45, 2.75) is 6.54 Å². The first-order valence-corrected chi connectivity index (χ1v) is 9.81. The second-order valence-corrected chi connectivity index (χ2v) is 7.60. The van der Waals surface area contributed by atoms with Crippen LogP contribution >= 0.6 is 27.3 Å². The van der Waals surface area contributed by atoms with Crippen LogP contribution in [0.4, 0.5) is 5.13 Å². The summed E-state index contributed by atoms with van der Waals surface area (Å²) in [5.74, 6) is 0.750. The Balaban J connectivity index is 1.75. The highest BCUT2D eigenvalue weighted by Crippen LogP contribution is 2.33. The zero-order chi connectivity index (χ0) is 18.8. The molecule has 0 saturated carbocycles. The van der Waals surface area contributed by atoms with Gasteiger partial charge in [0.15, 0.2) is 15.6 Å². The molecule has 2 aromatic carbocycles. The highest BCUT2D eigenvalue weighted by Gasteiger charge is 2.24. The predicted octanol–water partition coefficient (Wildman–Crippen LogP) is 5.51. The third kappa shape index (κ3) is 3.74. The summed E-state index contributed by atoms with van der Waals surface area (Å²) in [5, 5.41) is 0.611. The Morgan fingerprint density at radius 3 is 2.70 bits per heavy atom. The number of nitrogens with zero attached hydrogens (tertiary/aromatic N) is 2. The zero-order valence-electron chi connectivity index (χ0n) is 14.4. The topological polar surface area (TPSA) is 55.6 Å². The van der Waals surface area contributed by atoms with E-state index in [1.54, 1.807) is 24.1 Å². The lowest BCUT2D eigenvalue weighted by Crippen LogP contribution is -2.30. The minimum Gasteiger partial charge on any atom is -0.497 e. The maximum atomic E-state index is 13.1. The Morgan fingerprint density at radius 1 is 1.19 bits per heavy atom. The Labute approximate surface area is 168 Å². The fourth-order valence-electron chi connectivity index (χ4n) is 2.69. The van der Waals surface area contributed by atoms with Gasteiger partial charge in [-0.15, -0.1) is 0 Å². The van der Waals surface area contributed by atoms with Gasteiger partial charge >= 0.3 is 0 Å². The molecule has 4 aromatic rings. The smallest absolute Gasteiger partial charge is 0.296 e. The fraction of sp³-hybridized carbons (Fsp3) is 0.100.